The summed E-state index contributed by atoms with van der Waals surface area (Å²) in [6.45, 7) is 1.41. The predicted octanol–water partition coefficient (Wildman–Crippen LogP) is 1.67. The van der Waals surface area contributed by atoms with E-state index < -0.39 is 15.9 Å². The summed E-state index contributed by atoms with van der Waals surface area (Å²) in [7, 11) is -2.29. The molecule has 0 bridgehead atoms. The molecule has 0 saturated carbocycles. The molecule has 0 aliphatic rings. The van der Waals surface area contributed by atoms with E-state index in [2.05, 4.69) is 5.32 Å². The van der Waals surface area contributed by atoms with Crippen LogP contribution < -0.4 is 19.9 Å². The van der Waals surface area contributed by atoms with Gasteiger partial charge in [0.15, 0.2) is 6.61 Å². The van der Waals surface area contributed by atoms with Gasteiger partial charge in [0.25, 0.3) is 5.91 Å². The highest BCUT2D eigenvalue weighted by Crippen LogP contribution is 2.19. The Morgan fingerprint density at radius 1 is 1.12 bits per heavy atom. The number of nitrogens with two attached hydrogens (primary N) is 1. The summed E-state index contributed by atoms with van der Waals surface area (Å²) in [5, 5.41) is 7.71. The normalized spacial score (nSPS) is 11.0. The number of hydrogen-bond acceptors (Lipinski definition) is 5. The quantitative estimate of drug-likeness (QED) is 0.824. The van der Waals surface area contributed by atoms with Crippen molar-refractivity contribution in [1.82, 2.24) is 0 Å². The van der Waals surface area contributed by atoms with Gasteiger partial charge in [-0.3, -0.25) is 4.79 Å². The lowest BCUT2D eigenvalue weighted by molar-refractivity contribution is -0.118. The van der Waals surface area contributed by atoms with E-state index in [1.807, 2.05) is 0 Å². The second-order valence-electron chi connectivity index (χ2n) is 5.04. The standard InChI is InChI=1S/C16H18N2O5S/c1-11-3-4-12(9-15(11)24(17,20)21)18-16(19)10-23-14-7-5-13(22-2)6-8-14/h3-9H,10H2,1-2H3,(H,18,19)(H2,17,20,21). The Balaban J connectivity index is 1.99. The van der Waals surface area contributed by atoms with Crippen molar-refractivity contribution in [3.63, 3.8) is 0 Å². The molecule has 2 rings (SSSR count). The number of sulfonamides is 1. The van der Waals surface area contributed by atoms with Gasteiger partial charge in [0.1, 0.15) is 11.5 Å². The smallest absolute Gasteiger partial charge is 0.262 e. The predicted molar refractivity (Wildman–Crippen MR) is 89.7 cm³/mol. The Hall–Kier alpha value is -2.58. The zero-order valence-corrected chi connectivity index (χ0v) is 14.1. The minimum Gasteiger partial charge on any atom is -0.497 e. The largest absolute Gasteiger partial charge is 0.497 e. The van der Waals surface area contributed by atoms with Crippen molar-refractivity contribution < 1.29 is 22.7 Å². The minimum absolute atomic E-state index is 0.0311. The number of methoxy groups -OCH3 is 1. The lowest BCUT2D eigenvalue weighted by atomic mass is 10.2. The maximum absolute atomic E-state index is 11.9. The molecular formula is C16H18N2O5S. The first-order valence-electron chi connectivity index (χ1n) is 7.00. The van der Waals surface area contributed by atoms with Crippen molar-refractivity contribution in [3.05, 3.63) is 48.0 Å². The van der Waals surface area contributed by atoms with Gasteiger partial charge >= 0.3 is 0 Å². The molecule has 128 valence electrons. The minimum atomic E-state index is -3.85. The number of ether oxygens (including phenoxy) is 2. The zero-order chi connectivity index (χ0) is 17.7. The summed E-state index contributed by atoms with van der Waals surface area (Å²) in [4.78, 5) is 11.9. The zero-order valence-electron chi connectivity index (χ0n) is 13.3. The Kier molecular flexibility index (Phi) is 5.42. The van der Waals surface area contributed by atoms with E-state index in [9.17, 15) is 13.2 Å². The maximum Gasteiger partial charge on any atom is 0.262 e. The van der Waals surface area contributed by atoms with Gasteiger partial charge in [-0.2, -0.15) is 0 Å². The second-order valence-corrected chi connectivity index (χ2v) is 6.57. The second kappa shape index (κ2) is 7.33. The molecule has 24 heavy (non-hydrogen) atoms. The molecule has 2 aromatic carbocycles. The van der Waals surface area contributed by atoms with E-state index >= 15 is 0 Å². The molecular weight excluding hydrogens is 332 g/mol. The number of primary sulfonamides is 1. The first-order valence-corrected chi connectivity index (χ1v) is 8.54. The topological polar surface area (TPSA) is 108 Å². The number of rotatable bonds is 6. The number of hydrogen-bond donors (Lipinski definition) is 2. The van der Waals surface area contributed by atoms with Crippen LogP contribution in [0.15, 0.2) is 47.4 Å². The molecule has 0 aromatic heterocycles. The number of aryl methyl sites for hydroxylation is 1. The van der Waals surface area contributed by atoms with Crippen molar-refractivity contribution in [1.29, 1.82) is 0 Å². The molecule has 8 heteroatoms. The number of carbonyl (C=O) groups excluding carboxylic acids is 1. The molecule has 0 fully saturated rings. The molecule has 0 aliphatic carbocycles. The van der Waals surface area contributed by atoms with Crippen LogP contribution in [-0.2, 0) is 14.8 Å². The highest BCUT2D eigenvalue weighted by molar-refractivity contribution is 7.89. The van der Waals surface area contributed by atoms with Gasteiger partial charge in [-0.25, -0.2) is 13.6 Å². The number of anilines is 1. The number of benzene rings is 2. The van der Waals surface area contributed by atoms with Gasteiger partial charge < -0.3 is 14.8 Å². The average Bonchev–Trinajstić information content (AvgIpc) is 2.54. The van der Waals surface area contributed by atoms with Gasteiger partial charge in [-0.1, -0.05) is 6.07 Å². The Morgan fingerprint density at radius 2 is 1.75 bits per heavy atom. The third-order valence-corrected chi connectivity index (χ3v) is 4.26. The highest BCUT2D eigenvalue weighted by atomic mass is 32.2. The van der Waals surface area contributed by atoms with Gasteiger partial charge in [-0.05, 0) is 48.9 Å². The Bertz CT molecular complexity index is 832. The van der Waals surface area contributed by atoms with Crippen LogP contribution in [0.25, 0.3) is 0 Å². The fourth-order valence-electron chi connectivity index (χ4n) is 2.00. The van der Waals surface area contributed by atoms with Crippen molar-refractivity contribution >= 4 is 21.6 Å². The van der Waals surface area contributed by atoms with E-state index in [-0.39, 0.29) is 11.5 Å². The van der Waals surface area contributed by atoms with Crippen LogP contribution in [0.2, 0.25) is 0 Å². The third-order valence-electron chi connectivity index (χ3n) is 3.21. The molecule has 0 atom stereocenters. The van der Waals surface area contributed by atoms with Gasteiger partial charge in [0, 0.05) is 5.69 Å². The van der Waals surface area contributed by atoms with Crippen molar-refractivity contribution in [2.24, 2.45) is 5.14 Å². The first kappa shape index (κ1) is 17.8. The van der Waals surface area contributed by atoms with Crippen LogP contribution in [0.3, 0.4) is 0 Å². The van der Waals surface area contributed by atoms with E-state index in [1.165, 1.54) is 6.07 Å². The highest BCUT2D eigenvalue weighted by Gasteiger charge is 2.13. The van der Waals surface area contributed by atoms with Crippen LogP contribution >= 0.6 is 0 Å². The summed E-state index contributed by atoms with van der Waals surface area (Å²) in [5.41, 5.74) is 0.831. The number of carbonyl (C=O) groups is 1. The molecule has 2 aromatic rings. The third kappa shape index (κ3) is 4.71. The fourth-order valence-corrected chi connectivity index (χ4v) is 2.81. The summed E-state index contributed by atoms with van der Waals surface area (Å²) in [6.07, 6.45) is 0. The van der Waals surface area contributed by atoms with E-state index in [1.54, 1.807) is 50.4 Å². The molecule has 1 amide bonds. The maximum atomic E-state index is 11.9. The van der Waals surface area contributed by atoms with Crippen molar-refractivity contribution in [3.8, 4) is 11.5 Å². The van der Waals surface area contributed by atoms with E-state index in [0.717, 1.165) is 0 Å². The first-order chi connectivity index (χ1) is 11.3. The average molecular weight is 350 g/mol. The van der Waals surface area contributed by atoms with Gasteiger partial charge in [0.05, 0.1) is 12.0 Å². The molecule has 0 spiro atoms. The molecule has 7 nitrogen and oxygen atoms in total. The molecule has 0 radical (unpaired) electrons. The van der Waals surface area contributed by atoms with Crippen LogP contribution in [0.5, 0.6) is 11.5 Å². The van der Waals surface area contributed by atoms with Gasteiger partial charge in [-0.15, -0.1) is 0 Å². The molecule has 0 unspecified atom stereocenters. The fraction of sp³-hybridized carbons (Fsp3) is 0.188. The van der Waals surface area contributed by atoms with Crippen molar-refractivity contribution in [2.45, 2.75) is 11.8 Å². The molecule has 0 aliphatic heterocycles. The van der Waals surface area contributed by atoms with Crippen LogP contribution in [0.1, 0.15) is 5.56 Å². The van der Waals surface area contributed by atoms with E-state index in [4.69, 9.17) is 14.6 Å². The van der Waals surface area contributed by atoms with Crippen molar-refractivity contribution in [2.75, 3.05) is 19.0 Å². The molecule has 0 saturated heterocycles. The summed E-state index contributed by atoms with van der Waals surface area (Å²) in [5.74, 6) is 0.775. The SMILES string of the molecule is COc1ccc(OCC(=O)Nc2ccc(C)c(S(N)(=O)=O)c2)cc1. The van der Waals surface area contributed by atoms with Crippen LogP contribution in [-0.4, -0.2) is 28.0 Å². The molecule has 0 heterocycles. The van der Waals surface area contributed by atoms with Crippen LogP contribution in [0.4, 0.5) is 5.69 Å². The van der Waals surface area contributed by atoms with Crippen LogP contribution in [0, 0.1) is 6.92 Å². The Morgan fingerprint density at radius 3 is 2.33 bits per heavy atom. The summed E-state index contributed by atoms with van der Waals surface area (Å²) < 4.78 is 33.3. The number of nitrogens with one attached hydrogen (secondary N) is 1. The monoisotopic (exact) mass is 350 g/mol. The lowest BCUT2D eigenvalue weighted by Gasteiger charge is -2.10. The van der Waals surface area contributed by atoms with E-state index in [0.29, 0.717) is 22.7 Å². The van der Waals surface area contributed by atoms with Gasteiger partial charge in [0.2, 0.25) is 10.0 Å². The molecule has 3 N–H and O–H groups in total. The Labute approximate surface area is 140 Å². The summed E-state index contributed by atoms with van der Waals surface area (Å²) in [6, 6.07) is 11.3. The summed E-state index contributed by atoms with van der Waals surface area (Å²) >= 11 is 0. The lowest BCUT2D eigenvalue weighted by Crippen LogP contribution is -2.21. The number of amides is 1.